The summed E-state index contributed by atoms with van der Waals surface area (Å²) in [5.74, 6) is -0.206. The highest BCUT2D eigenvalue weighted by Gasteiger charge is 2.04. The standard InChI is InChI=1S/C9H9FN2/c10-8-3-1-2-7(4-8)9-5-11-6-12-9/h1-5,11-12H,6H2. The number of hydrogen-bond donors (Lipinski definition) is 2. The average Bonchev–Trinajstić information content (AvgIpc) is 2.56. The molecule has 2 rings (SSSR count). The molecule has 0 aromatic heterocycles. The summed E-state index contributed by atoms with van der Waals surface area (Å²) in [6, 6.07) is 6.51. The summed E-state index contributed by atoms with van der Waals surface area (Å²) in [6.45, 7) is 0.714. The van der Waals surface area contributed by atoms with Crippen LogP contribution in [0.15, 0.2) is 30.5 Å². The lowest BCUT2D eigenvalue weighted by molar-refractivity contribution is 0.627. The van der Waals surface area contributed by atoms with E-state index in [4.69, 9.17) is 0 Å². The Morgan fingerprint density at radius 2 is 2.25 bits per heavy atom. The van der Waals surface area contributed by atoms with Crippen LogP contribution in [0, 0.1) is 5.82 Å². The molecule has 1 heterocycles. The second-order valence-corrected chi connectivity index (χ2v) is 2.63. The summed E-state index contributed by atoms with van der Waals surface area (Å²) >= 11 is 0. The molecule has 1 aliphatic rings. The van der Waals surface area contributed by atoms with Crippen LogP contribution in [0.1, 0.15) is 5.56 Å². The van der Waals surface area contributed by atoms with Crippen molar-refractivity contribution in [2.45, 2.75) is 0 Å². The van der Waals surface area contributed by atoms with E-state index in [1.165, 1.54) is 12.1 Å². The monoisotopic (exact) mass is 164 g/mol. The Kier molecular flexibility index (Phi) is 1.70. The van der Waals surface area contributed by atoms with Crippen molar-refractivity contribution in [2.24, 2.45) is 0 Å². The van der Waals surface area contributed by atoms with Gasteiger partial charge in [0.15, 0.2) is 0 Å². The van der Waals surface area contributed by atoms with E-state index < -0.39 is 0 Å². The molecule has 0 fully saturated rings. The van der Waals surface area contributed by atoms with Gasteiger partial charge in [-0.25, -0.2) is 4.39 Å². The van der Waals surface area contributed by atoms with Crippen molar-refractivity contribution < 1.29 is 4.39 Å². The van der Waals surface area contributed by atoms with Crippen molar-refractivity contribution in [1.82, 2.24) is 10.6 Å². The molecule has 0 saturated heterocycles. The second-order valence-electron chi connectivity index (χ2n) is 2.63. The van der Waals surface area contributed by atoms with Crippen LogP contribution in [0.5, 0.6) is 0 Å². The van der Waals surface area contributed by atoms with E-state index in [-0.39, 0.29) is 5.82 Å². The van der Waals surface area contributed by atoms with Crippen molar-refractivity contribution in [3.8, 4) is 0 Å². The highest BCUT2D eigenvalue weighted by Crippen LogP contribution is 2.13. The fourth-order valence-corrected chi connectivity index (χ4v) is 1.19. The van der Waals surface area contributed by atoms with Gasteiger partial charge in [-0.2, -0.15) is 0 Å². The lowest BCUT2D eigenvalue weighted by Crippen LogP contribution is -2.13. The molecule has 2 N–H and O–H groups in total. The van der Waals surface area contributed by atoms with Gasteiger partial charge < -0.3 is 10.6 Å². The van der Waals surface area contributed by atoms with E-state index in [0.717, 1.165) is 11.3 Å². The van der Waals surface area contributed by atoms with Crippen LogP contribution in [0.4, 0.5) is 4.39 Å². The zero-order valence-electron chi connectivity index (χ0n) is 6.47. The van der Waals surface area contributed by atoms with Crippen LogP contribution in [-0.4, -0.2) is 6.67 Å². The summed E-state index contributed by atoms with van der Waals surface area (Å²) in [7, 11) is 0. The highest BCUT2D eigenvalue weighted by atomic mass is 19.1. The van der Waals surface area contributed by atoms with Crippen molar-refractivity contribution in [2.75, 3.05) is 6.67 Å². The quantitative estimate of drug-likeness (QED) is 0.653. The van der Waals surface area contributed by atoms with Crippen molar-refractivity contribution in [1.29, 1.82) is 0 Å². The van der Waals surface area contributed by atoms with Gasteiger partial charge >= 0.3 is 0 Å². The Morgan fingerprint density at radius 3 is 2.92 bits per heavy atom. The van der Waals surface area contributed by atoms with Gasteiger partial charge in [0.2, 0.25) is 0 Å². The predicted molar refractivity (Wildman–Crippen MR) is 45.5 cm³/mol. The topological polar surface area (TPSA) is 24.1 Å². The molecular formula is C9H9FN2. The molecule has 1 aliphatic heterocycles. The summed E-state index contributed by atoms with van der Waals surface area (Å²) in [4.78, 5) is 0. The Hall–Kier alpha value is -1.51. The van der Waals surface area contributed by atoms with Gasteiger partial charge in [-0.05, 0) is 12.1 Å². The third kappa shape index (κ3) is 1.25. The van der Waals surface area contributed by atoms with Crippen molar-refractivity contribution in [3.63, 3.8) is 0 Å². The number of benzene rings is 1. The molecule has 0 unspecified atom stereocenters. The molecule has 2 nitrogen and oxygen atoms in total. The first kappa shape index (κ1) is 7.16. The zero-order chi connectivity index (χ0) is 8.39. The van der Waals surface area contributed by atoms with Gasteiger partial charge in [0.25, 0.3) is 0 Å². The lowest BCUT2D eigenvalue weighted by Gasteiger charge is -2.01. The normalized spacial score (nSPS) is 14.9. The van der Waals surface area contributed by atoms with Gasteiger partial charge in [-0.1, -0.05) is 12.1 Å². The molecule has 0 amide bonds. The first-order valence-electron chi connectivity index (χ1n) is 3.79. The summed E-state index contributed by atoms with van der Waals surface area (Å²) in [5, 5.41) is 6.08. The van der Waals surface area contributed by atoms with E-state index in [1.807, 2.05) is 12.3 Å². The molecule has 1 aromatic carbocycles. The molecule has 0 spiro atoms. The van der Waals surface area contributed by atoms with Crippen molar-refractivity contribution in [3.05, 3.63) is 41.8 Å². The maximum Gasteiger partial charge on any atom is 0.123 e. The van der Waals surface area contributed by atoms with Crippen LogP contribution in [-0.2, 0) is 0 Å². The third-order valence-corrected chi connectivity index (χ3v) is 1.76. The molecule has 0 saturated carbocycles. The van der Waals surface area contributed by atoms with Crippen LogP contribution in [0.25, 0.3) is 5.70 Å². The predicted octanol–water partition coefficient (Wildman–Crippen LogP) is 1.27. The Bertz CT molecular complexity index is 320. The molecule has 12 heavy (non-hydrogen) atoms. The summed E-state index contributed by atoms with van der Waals surface area (Å²) in [5.41, 5.74) is 1.81. The number of hydrogen-bond acceptors (Lipinski definition) is 2. The first-order valence-corrected chi connectivity index (χ1v) is 3.79. The van der Waals surface area contributed by atoms with Gasteiger partial charge in [-0.3, -0.25) is 0 Å². The smallest absolute Gasteiger partial charge is 0.123 e. The van der Waals surface area contributed by atoms with E-state index in [1.54, 1.807) is 6.07 Å². The fourth-order valence-electron chi connectivity index (χ4n) is 1.19. The van der Waals surface area contributed by atoms with E-state index in [0.29, 0.717) is 6.67 Å². The Balaban J connectivity index is 2.33. The van der Waals surface area contributed by atoms with E-state index in [9.17, 15) is 4.39 Å². The van der Waals surface area contributed by atoms with Gasteiger partial charge in [0.1, 0.15) is 5.82 Å². The minimum Gasteiger partial charge on any atom is -0.372 e. The molecule has 0 radical (unpaired) electrons. The zero-order valence-corrected chi connectivity index (χ0v) is 6.47. The molecule has 1 aromatic rings. The van der Waals surface area contributed by atoms with Crippen LogP contribution < -0.4 is 10.6 Å². The Labute approximate surface area is 70.1 Å². The fraction of sp³-hybridized carbons (Fsp3) is 0.111. The lowest BCUT2D eigenvalue weighted by atomic mass is 10.2. The average molecular weight is 164 g/mol. The van der Waals surface area contributed by atoms with Gasteiger partial charge in [-0.15, -0.1) is 0 Å². The molecule has 0 aliphatic carbocycles. The molecular weight excluding hydrogens is 155 g/mol. The number of nitrogens with one attached hydrogen (secondary N) is 2. The highest BCUT2D eigenvalue weighted by molar-refractivity contribution is 5.64. The molecule has 3 heteroatoms. The molecule has 0 atom stereocenters. The number of rotatable bonds is 1. The van der Waals surface area contributed by atoms with Crippen LogP contribution in [0.3, 0.4) is 0 Å². The summed E-state index contributed by atoms with van der Waals surface area (Å²) in [6.07, 6.45) is 1.84. The Morgan fingerprint density at radius 1 is 1.33 bits per heavy atom. The minimum atomic E-state index is -0.206. The third-order valence-electron chi connectivity index (χ3n) is 1.76. The maximum atomic E-state index is 12.7. The minimum absolute atomic E-state index is 0.206. The molecule has 0 bridgehead atoms. The van der Waals surface area contributed by atoms with Crippen LogP contribution >= 0.6 is 0 Å². The van der Waals surface area contributed by atoms with Crippen LogP contribution in [0.2, 0.25) is 0 Å². The van der Waals surface area contributed by atoms with Crippen molar-refractivity contribution >= 4 is 5.70 Å². The molecule has 62 valence electrons. The second kappa shape index (κ2) is 2.85. The SMILES string of the molecule is Fc1cccc(C2=CNCN2)c1. The maximum absolute atomic E-state index is 12.7. The van der Waals surface area contributed by atoms with E-state index in [2.05, 4.69) is 10.6 Å². The van der Waals surface area contributed by atoms with E-state index >= 15 is 0 Å². The first-order chi connectivity index (χ1) is 5.86. The summed E-state index contributed by atoms with van der Waals surface area (Å²) < 4.78 is 12.7. The largest absolute Gasteiger partial charge is 0.372 e. The van der Waals surface area contributed by atoms with Gasteiger partial charge in [0, 0.05) is 11.8 Å². The number of halogens is 1. The van der Waals surface area contributed by atoms with Gasteiger partial charge in [0.05, 0.1) is 12.4 Å².